The largest absolute Gasteiger partial charge is 0.0622 e. The van der Waals surface area contributed by atoms with E-state index in [4.69, 9.17) is 0 Å². The molecule has 0 N–H and O–H groups in total. The quantitative estimate of drug-likeness (QED) is 0.149. The molecule has 44 heavy (non-hydrogen) atoms. The van der Waals surface area contributed by atoms with Gasteiger partial charge in [0.15, 0.2) is 0 Å². The second kappa shape index (κ2) is 9.53. The van der Waals surface area contributed by atoms with Crippen LogP contribution in [0.3, 0.4) is 0 Å². The van der Waals surface area contributed by atoms with Gasteiger partial charge in [-0.05, 0) is 113 Å². The van der Waals surface area contributed by atoms with Gasteiger partial charge in [0.25, 0.3) is 0 Å². The minimum Gasteiger partial charge on any atom is -0.0622 e. The van der Waals surface area contributed by atoms with Crippen LogP contribution in [0.1, 0.15) is 11.1 Å². The molecule has 0 heterocycles. The maximum Gasteiger partial charge on any atom is -0.00201 e. The molecular weight excluding hydrogens is 528 g/mol. The van der Waals surface area contributed by atoms with Gasteiger partial charge < -0.3 is 0 Å². The van der Waals surface area contributed by atoms with Gasteiger partial charge in [0.05, 0.1) is 0 Å². The molecule has 9 aromatic carbocycles. The van der Waals surface area contributed by atoms with Crippen molar-refractivity contribution in [3.63, 3.8) is 0 Å². The Morgan fingerprint density at radius 1 is 0.295 bits per heavy atom. The van der Waals surface area contributed by atoms with Gasteiger partial charge in [0, 0.05) is 0 Å². The molecule has 0 heteroatoms. The molecule has 0 unspecified atom stereocenters. The van der Waals surface area contributed by atoms with E-state index in [0.29, 0.717) is 0 Å². The zero-order chi connectivity index (χ0) is 29.4. The van der Waals surface area contributed by atoms with E-state index in [1.807, 2.05) is 0 Å². The number of rotatable bonds is 3. The molecular formula is C44H30. The Balaban J connectivity index is 1.38. The highest BCUT2D eigenvalue weighted by molar-refractivity contribution is 6.35. The highest BCUT2D eigenvalue weighted by Crippen LogP contribution is 2.46. The Hall–Kier alpha value is -5.46. The van der Waals surface area contributed by atoms with Crippen molar-refractivity contribution in [3.8, 4) is 33.4 Å². The Morgan fingerprint density at radius 3 is 1.43 bits per heavy atom. The van der Waals surface area contributed by atoms with Crippen molar-refractivity contribution in [3.05, 3.63) is 157 Å². The number of benzene rings is 9. The van der Waals surface area contributed by atoms with Gasteiger partial charge in [0.1, 0.15) is 0 Å². The van der Waals surface area contributed by atoms with E-state index < -0.39 is 0 Å². The van der Waals surface area contributed by atoms with Gasteiger partial charge >= 0.3 is 0 Å². The molecule has 0 saturated heterocycles. The predicted molar refractivity (Wildman–Crippen MR) is 191 cm³/mol. The Kier molecular flexibility index (Phi) is 5.43. The van der Waals surface area contributed by atoms with Gasteiger partial charge in [-0.1, -0.05) is 145 Å². The minimum absolute atomic E-state index is 1.24. The SMILES string of the molecule is Cc1cc(C)cc(-c2ccc3c4cccc5c(-c6cc7ccccc7cc6-c6ccccc6)ccc(c6cccc2c36)c54)c1. The fourth-order valence-electron chi connectivity index (χ4n) is 7.65. The van der Waals surface area contributed by atoms with E-state index in [0.717, 1.165) is 0 Å². The van der Waals surface area contributed by atoms with Crippen LogP contribution in [-0.2, 0) is 0 Å². The van der Waals surface area contributed by atoms with Crippen LogP contribution in [0.2, 0.25) is 0 Å². The number of hydrogen-bond acceptors (Lipinski definition) is 0. The van der Waals surface area contributed by atoms with Gasteiger partial charge in [-0.3, -0.25) is 0 Å². The maximum atomic E-state index is 2.38. The lowest BCUT2D eigenvalue weighted by Crippen LogP contribution is -1.92. The summed E-state index contributed by atoms with van der Waals surface area (Å²) in [7, 11) is 0. The first-order valence-electron chi connectivity index (χ1n) is 15.4. The second-order valence-corrected chi connectivity index (χ2v) is 12.3. The number of aryl methyl sites for hydroxylation is 2. The lowest BCUT2D eigenvalue weighted by atomic mass is 9.84. The van der Waals surface area contributed by atoms with Crippen LogP contribution in [-0.4, -0.2) is 0 Å². The topological polar surface area (TPSA) is 0 Å². The van der Waals surface area contributed by atoms with Gasteiger partial charge in [-0.2, -0.15) is 0 Å². The Labute approximate surface area is 257 Å². The molecule has 0 nitrogen and oxygen atoms in total. The number of hydrogen-bond donors (Lipinski definition) is 0. The van der Waals surface area contributed by atoms with E-state index in [1.54, 1.807) is 0 Å². The van der Waals surface area contributed by atoms with Crippen molar-refractivity contribution in [1.82, 2.24) is 0 Å². The summed E-state index contributed by atoms with van der Waals surface area (Å²) in [6, 6.07) is 54.3. The fourth-order valence-corrected chi connectivity index (χ4v) is 7.65. The molecule has 0 saturated carbocycles. The molecule has 9 rings (SSSR count). The van der Waals surface area contributed by atoms with Crippen molar-refractivity contribution in [1.29, 1.82) is 0 Å². The lowest BCUT2D eigenvalue weighted by Gasteiger charge is -2.20. The van der Waals surface area contributed by atoms with Crippen LogP contribution >= 0.6 is 0 Å². The van der Waals surface area contributed by atoms with Crippen LogP contribution in [0, 0.1) is 13.8 Å². The highest BCUT2D eigenvalue weighted by atomic mass is 14.2. The number of fused-ring (bicyclic) bond motifs is 3. The minimum atomic E-state index is 1.24. The van der Waals surface area contributed by atoms with Crippen LogP contribution in [0.5, 0.6) is 0 Å². The summed E-state index contributed by atoms with van der Waals surface area (Å²) in [6.45, 7) is 4.38. The molecule has 0 aliphatic rings. The zero-order valence-electron chi connectivity index (χ0n) is 24.9. The van der Waals surface area contributed by atoms with Gasteiger partial charge in [-0.25, -0.2) is 0 Å². The van der Waals surface area contributed by atoms with E-state index in [-0.39, 0.29) is 0 Å². The van der Waals surface area contributed by atoms with Gasteiger partial charge in [-0.15, -0.1) is 0 Å². The molecule has 0 aliphatic heterocycles. The van der Waals surface area contributed by atoms with Crippen molar-refractivity contribution >= 4 is 53.9 Å². The molecule has 0 amide bonds. The molecule has 0 aromatic heterocycles. The summed E-state index contributed by atoms with van der Waals surface area (Å²) in [5.74, 6) is 0. The third-order valence-corrected chi connectivity index (χ3v) is 9.46. The normalized spacial score (nSPS) is 11.9. The van der Waals surface area contributed by atoms with Gasteiger partial charge in [0.2, 0.25) is 0 Å². The summed E-state index contributed by atoms with van der Waals surface area (Å²) in [4.78, 5) is 0. The summed E-state index contributed by atoms with van der Waals surface area (Å²) in [5, 5.41) is 13.1. The third kappa shape index (κ3) is 3.71. The molecule has 206 valence electrons. The average molecular weight is 559 g/mol. The first-order valence-corrected chi connectivity index (χ1v) is 15.4. The highest BCUT2D eigenvalue weighted by Gasteiger charge is 2.19. The molecule has 0 bridgehead atoms. The van der Waals surface area contributed by atoms with Crippen molar-refractivity contribution in [2.75, 3.05) is 0 Å². The fraction of sp³-hybridized carbons (Fsp3) is 0.0455. The smallest absolute Gasteiger partial charge is 0.00201 e. The van der Waals surface area contributed by atoms with Crippen LogP contribution in [0.25, 0.3) is 87.2 Å². The summed E-state index contributed by atoms with van der Waals surface area (Å²) in [6.07, 6.45) is 0. The van der Waals surface area contributed by atoms with E-state index in [2.05, 4.69) is 159 Å². The van der Waals surface area contributed by atoms with Crippen LogP contribution in [0.4, 0.5) is 0 Å². The van der Waals surface area contributed by atoms with Crippen molar-refractivity contribution in [2.24, 2.45) is 0 Å². The monoisotopic (exact) mass is 558 g/mol. The summed E-state index contributed by atoms with van der Waals surface area (Å²) < 4.78 is 0. The van der Waals surface area contributed by atoms with E-state index >= 15 is 0 Å². The molecule has 0 fully saturated rings. The zero-order valence-corrected chi connectivity index (χ0v) is 24.9. The third-order valence-electron chi connectivity index (χ3n) is 9.46. The average Bonchev–Trinajstić information content (AvgIpc) is 3.06. The first-order chi connectivity index (χ1) is 21.6. The standard InChI is InChI=1S/C44H30/c1-27-22-28(2)24-32(23-27)33-18-20-39-38-17-9-15-36-34(19-21-40(44(36)38)37-16-8-14-35(33)43(37)39)42-26-31-13-7-6-12-30(31)25-41(42)29-10-4-3-5-11-29/h3-26H,1-2H3. The van der Waals surface area contributed by atoms with E-state index in [1.165, 1.54) is 98.4 Å². The Morgan fingerprint density at radius 2 is 0.795 bits per heavy atom. The molecule has 9 aromatic rings. The second-order valence-electron chi connectivity index (χ2n) is 12.3. The van der Waals surface area contributed by atoms with Crippen molar-refractivity contribution in [2.45, 2.75) is 13.8 Å². The van der Waals surface area contributed by atoms with Crippen LogP contribution < -0.4 is 0 Å². The summed E-state index contributed by atoms with van der Waals surface area (Å²) in [5.41, 5.74) is 10.2. The first kappa shape index (κ1) is 25.1. The van der Waals surface area contributed by atoms with Crippen molar-refractivity contribution < 1.29 is 0 Å². The molecule has 0 aliphatic carbocycles. The maximum absolute atomic E-state index is 2.38. The van der Waals surface area contributed by atoms with E-state index in [9.17, 15) is 0 Å². The Bertz CT molecular complexity index is 2510. The molecule has 0 spiro atoms. The molecule has 0 radical (unpaired) electrons. The molecule has 0 atom stereocenters. The lowest BCUT2D eigenvalue weighted by molar-refractivity contribution is 1.39. The van der Waals surface area contributed by atoms with Crippen LogP contribution in [0.15, 0.2) is 146 Å². The predicted octanol–water partition coefficient (Wildman–Crippen LogP) is 12.5. The summed E-state index contributed by atoms with van der Waals surface area (Å²) >= 11 is 0.